The molecule has 0 amide bonds. The van der Waals surface area contributed by atoms with E-state index in [0.717, 1.165) is 5.56 Å². The number of benzene rings is 1. The van der Waals surface area contributed by atoms with Crippen LogP contribution in [0.2, 0.25) is 5.02 Å². The van der Waals surface area contributed by atoms with E-state index in [1.165, 1.54) is 6.07 Å². The SMILES string of the molecule is CC(C)(C)NCc1cccc(F)c1Cl. The van der Waals surface area contributed by atoms with Crippen molar-refractivity contribution >= 4 is 11.6 Å². The Hall–Kier alpha value is -0.600. The Bertz CT molecular complexity index is 318. The summed E-state index contributed by atoms with van der Waals surface area (Å²) in [6, 6.07) is 4.86. The molecular weight excluding hydrogens is 201 g/mol. The van der Waals surface area contributed by atoms with Crippen LogP contribution in [-0.4, -0.2) is 5.54 Å². The summed E-state index contributed by atoms with van der Waals surface area (Å²) in [4.78, 5) is 0. The first-order valence-electron chi connectivity index (χ1n) is 4.58. The molecule has 78 valence electrons. The van der Waals surface area contributed by atoms with E-state index in [4.69, 9.17) is 11.6 Å². The molecular formula is C11H15ClFN. The highest BCUT2D eigenvalue weighted by atomic mass is 35.5. The van der Waals surface area contributed by atoms with Crippen LogP contribution in [0.15, 0.2) is 18.2 Å². The number of halogens is 2. The van der Waals surface area contributed by atoms with Crippen molar-refractivity contribution in [2.24, 2.45) is 0 Å². The molecule has 0 aromatic heterocycles. The highest BCUT2D eigenvalue weighted by Crippen LogP contribution is 2.19. The summed E-state index contributed by atoms with van der Waals surface area (Å²) in [7, 11) is 0. The van der Waals surface area contributed by atoms with Gasteiger partial charge < -0.3 is 5.32 Å². The van der Waals surface area contributed by atoms with Crippen molar-refractivity contribution in [3.05, 3.63) is 34.6 Å². The van der Waals surface area contributed by atoms with Crippen LogP contribution in [0.1, 0.15) is 26.3 Å². The highest BCUT2D eigenvalue weighted by Gasteiger charge is 2.11. The van der Waals surface area contributed by atoms with Crippen LogP contribution in [0.4, 0.5) is 4.39 Å². The van der Waals surface area contributed by atoms with Crippen molar-refractivity contribution in [3.8, 4) is 0 Å². The van der Waals surface area contributed by atoms with E-state index in [-0.39, 0.29) is 16.4 Å². The first kappa shape index (κ1) is 11.5. The molecule has 0 aliphatic heterocycles. The topological polar surface area (TPSA) is 12.0 Å². The van der Waals surface area contributed by atoms with Gasteiger partial charge in [-0.15, -0.1) is 0 Å². The molecule has 0 heterocycles. The minimum absolute atomic E-state index is 0.00957. The average Bonchev–Trinajstić information content (AvgIpc) is 2.06. The fourth-order valence-corrected chi connectivity index (χ4v) is 1.24. The van der Waals surface area contributed by atoms with Crippen LogP contribution in [-0.2, 0) is 6.54 Å². The first-order valence-corrected chi connectivity index (χ1v) is 4.96. The molecule has 0 spiro atoms. The van der Waals surface area contributed by atoms with Gasteiger partial charge in [0, 0.05) is 12.1 Å². The number of hydrogen-bond acceptors (Lipinski definition) is 1. The number of rotatable bonds is 2. The summed E-state index contributed by atoms with van der Waals surface area (Å²) >= 11 is 5.81. The van der Waals surface area contributed by atoms with E-state index in [2.05, 4.69) is 26.1 Å². The summed E-state index contributed by atoms with van der Waals surface area (Å²) in [5, 5.41) is 3.47. The summed E-state index contributed by atoms with van der Waals surface area (Å²) < 4.78 is 13.0. The van der Waals surface area contributed by atoms with Crippen molar-refractivity contribution in [2.75, 3.05) is 0 Å². The molecule has 1 nitrogen and oxygen atoms in total. The molecule has 0 bridgehead atoms. The summed E-state index contributed by atoms with van der Waals surface area (Å²) in [5.41, 5.74) is 0.803. The molecule has 0 saturated heterocycles. The predicted molar refractivity (Wildman–Crippen MR) is 58.0 cm³/mol. The van der Waals surface area contributed by atoms with E-state index in [1.807, 2.05) is 6.07 Å². The molecule has 0 radical (unpaired) electrons. The second-order valence-electron chi connectivity index (χ2n) is 4.32. The Morgan fingerprint density at radius 1 is 1.36 bits per heavy atom. The number of hydrogen-bond donors (Lipinski definition) is 1. The van der Waals surface area contributed by atoms with Crippen LogP contribution < -0.4 is 5.32 Å². The maximum Gasteiger partial charge on any atom is 0.142 e. The molecule has 1 aromatic carbocycles. The zero-order valence-corrected chi connectivity index (χ0v) is 9.45. The van der Waals surface area contributed by atoms with E-state index >= 15 is 0 Å². The Morgan fingerprint density at radius 2 is 2.00 bits per heavy atom. The monoisotopic (exact) mass is 215 g/mol. The van der Waals surface area contributed by atoms with Gasteiger partial charge in [0.1, 0.15) is 5.82 Å². The van der Waals surface area contributed by atoms with Crippen LogP contribution in [0, 0.1) is 5.82 Å². The minimum Gasteiger partial charge on any atom is -0.308 e. The molecule has 0 atom stereocenters. The van der Waals surface area contributed by atoms with Crippen molar-refractivity contribution < 1.29 is 4.39 Å². The normalized spacial score (nSPS) is 11.8. The molecule has 0 aliphatic rings. The average molecular weight is 216 g/mol. The lowest BCUT2D eigenvalue weighted by Crippen LogP contribution is -2.35. The van der Waals surface area contributed by atoms with Gasteiger partial charge in [0.05, 0.1) is 5.02 Å². The molecule has 3 heteroatoms. The smallest absolute Gasteiger partial charge is 0.142 e. The van der Waals surface area contributed by atoms with Gasteiger partial charge in [0.15, 0.2) is 0 Å². The van der Waals surface area contributed by atoms with Crippen LogP contribution >= 0.6 is 11.6 Å². The van der Waals surface area contributed by atoms with E-state index in [0.29, 0.717) is 6.54 Å². The van der Waals surface area contributed by atoms with Gasteiger partial charge in [-0.2, -0.15) is 0 Å². The predicted octanol–water partition coefficient (Wildman–Crippen LogP) is 3.37. The van der Waals surface area contributed by atoms with Gasteiger partial charge in [0.2, 0.25) is 0 Å². The molecule has 1 N–H and O–H groups in total. The van der Waals surface area contributed by atoms with Gasteiger partial charge in [-0.25, -0.2) is 4.39 Å². The summed E-state index contributed by atoms with van der Waals surface area (Å²) in [5.74, 6) is -0.361. The molecule has 1 aromatic rings. The fourth-order valence-electron chi connectivity index (χ4n) is 1.05. The Kier molecular flexibility index (Phi) is 3.51. The molecule has 0 aliphatic carbocycles. The van der Waals surface area contributed by atoms with E-state index in [1.54, 1.807) is 6.07 Å². The van der Waals surface area contributed by atoms with Gasteiger partial charge in [-0.1, -0.05) is 23.7 Å². The number of nitrogens with one attached hydrogen (secondary N) is 1. The fraction of sp³-hybridized carbons (Fsp3) is 0.455. The Morgan fingerprint density at radius 3 is 2.57 bits per heavy atom. The summed E-state index contributed by atoms with van der Waals surface area (Å²) in [6.45, 7) is 6.75. The lowest BCUT2D eigenvalue weighted by molar-refractivity contribution is 0.423. The first-order chi connectivity index (χ1) is 6.40. The molecule has 0 unspecified atom stereocenters. The van der Waals surface area contributed by atoms with Gasteiger partial charge in [-0.3, -0.25) is 0 Å². The lowest BCUT2D eigenvalue weighted by atomic mass is 10.1. The molecule has 0 fully saturated rings. The standard InChI is InChI=1S/C11H15ClFN/c1-11(2,3)14-7-8-5-4-6-9(13)10(8)12/h4-6,14H,7H2,1-3H3. The minimum atomic E-state index is -0.361. The molecule has 0 saturated carbocycles. The van der Waals surface area contributed by atoms with Crippen LogP contribution in [0.25, 0.3) is 0 Å². The van der Waals surface area contributed by atoms with E-state index < -0.39 is 0 Å². The Balaban J connectivity index is 2.73. The maximum absolute atomic E-state index is 13.0. The van der Waals surface area contributed by atoms with Crippen LogP contribution in [0.3, 0.4) is 0 Å². The van der Waals surface area contributed by atoms with Crippen LogP contribution in [0.5, 0.6) is 0 Å². The molecule has 14 heavy (non-hydrogen) atoms. The highest BCUT2D eigenvalue weighted by molar-refractivity contribution is 6.31. The van der Waals surface area contributed by atoms with Crippen molar-refractivity contribution in [2.45, 2.75) is 32.9 Å². The van der Waals surface area contributed by atoms with Gasteiger partial charge >= 0.3 is 0 Å². The van der Waals surface area contributed by atoms with Gasteiger partial charge in [-0.05, 0) is 32.4 Å². The largest absolute Gasteiger partial charge is 0.308 e. The maximum atomic E-state index is 13.0. The summed E-state index contributed by atoms with van der Waals surface area (Å²) in [6.07, 6.45) is 0. The van der Waals surface area contributed by atoms with Crippen molar-refractivity contribution in [1.82, 2.24) is 5.32 Å². The molecule has 1 rings (SSSR count). The zero-order chi connectivity index (χ0) is 10.8. The third-order valence-corrected chi connectivity index (χ3v) is 2.26. The second-order valence-corrected chi connectivity index (χ2v) is 4.69. The van der Waals surface area contributed by atoms with E-state index in [9.17, 15) is 4.39 Å². The second kappa shape index (κ2) is 4.28. The third-order valence-electron chi connectivity index (χ3n) is 1.84. The quantitative estimate of drug-likeness (QED) is 0.798. The van der Waals surface area contributed by atoms with Crippen molar-refractivity contribution in [1.29, 1.82) is 0 Å². The zero-order valence-electron chi connectivity index (χ0n) is 8.70. The van der Waals surface area contributed by atoms with Gasteiger partial charge in [0.25, 0.3) is 0 Å². The third kappa shape index (κ3) is 3.28. The lowest BCUT2D eigenvalue weighted by Gasteiger charge is -2.20. The Labute approximate surface area is 89.3 Å². The van der Waals surface area contributed by atoms with Crippen molar-refractivity contribution in [3.63, 3.8) is 0 Å².